The number of aryl methyl sites for hydroxylation is 1. The van der Waals surface area contributed by atoms with E-state index in [2.05, 4.69) is 10.4 Å². The van der Waals surface area contributed by atoms with Crippen LogP contribution < -0.4 is 16.8 Å². The number of halogens is 1. The number of amides is 2. The fourth-order valence-corrected chi connectivity index (χ4v) is 4.00. The van der Waals surface area contributed by atoms with Crippen LogP contribution in [-0.4, -0.2) is 41.0 Å². The number of nitrogen functional groups attached to an aromatic ring is 1. The fraction of sp³-hybridized carbons (Fsp3) is 0.292. The van der Waals surface area contributed by atoms with E-state index in [0.29, 0.717) is 36.4 Å². The van der Waals surface area contributed by atoms with Gasteiger partial charge in [-0.3, -0.25) is 9.59 Å². The molecule has 172 valence electrons. The van der Waals surface area contributed by atoms with Crippen molar-refractivity contribution >= 4 is 17.6 Å². The molecule has 2 heterocycles. The molecule has 8 nitrogen and oxygen atoms in total. The van der Waals surface area contributed by atoms with Crippen molar-refractivity contribution in [1.82, 2.24) is 15.1 Å². The number of carbonyl (C=O) groups excluding carboxylic acids is 2. The Hall–Kier alpha value is -3.72. The number of ether oxygens (including phenoxy) is 1. The highest BCUT2D eigenvalue weighted by Crippen LogP contribution is 2.33. The second-order valence-corrected chi connectivity index (χ2v) is 8.06. The van der Waals surface area contributed by atoms with E-state index in [-0.39, 0.29) is 23.9 Å². The van der Waals surface area contributed by atoms with Gasteiger partial charge in [0.05, 0.1) is 12.6 Å². The molecule has 33 heavy (non-hydrogen) atoms. The van der Waals surface area contributed by atoms with Gasteiger partial charge in [0.15, 0.2) is 0 Å². The maximum atomic E-state index is 14.4. The Labute approximate surface area is 190 Å². The molecule has 4 rings (SSSR count). The van der Waals surface area contributed by atoms with Crippen molar-refractivity contribution in [2.75, 3.05) is 18.9 Å². The van der Waals surface area contributed by atoms with E-state index >= 15 is 0 Å². The largest absolute Gasteiger partial charge is 0.383 e. The van der Waals surface area contributed by atoms with Crippen molar-refractivity contribution in [1.29, 1.82) is 0 Å². The third kappa shape index (κ3) is 4.58. The highest BCUT2D eigenvalue weighted by Gasteiger charge is 2.32. The van der Waals surface area contributed by atoms with E-state index in [1.54, 1.807) is 18.2 Å². The number of carbonyl (C=O) groups is 2. The average Bonchev–Trinajstić information content (AvgIpc) is 3.15. The Kier molecular flexibility index (Phi) is 6.41. The summed E-state index contributed by atoms with van der Waals surface area (Å²) in [7, 11) is 0. The normalized spacial score (nSPS) is 18.1. The Morgan fingerprint density at radius 1 is 1.21 bits per heavy atom. The van der Waals surface area contributed by atoms with E-state index in [1.807, 2.05) is 37.3 Å². The van der Waals surface area contributed by atoms with Crippen molar-refractivity contribution in [2.45, 2.75) is 32.1 Å². The van der Waals surface area contributed by atoms with Crippen LogP contribution in [0.15, 0.2) is 48.5 Å². The minimum atomic E-state index is -1.28. The summed E-state index contributed by atoms with van der Waals surface area (Å²) in [5.41, 5.74) is 15.1. The number of alkyl halides is 1. The van der Waals surface area contributed by atoms with Crippen molar-refractivity contribution < 1.29 is 18.7 Å². The molecule has 3 aromatic rings. The molecule has 0 unspecified atom stereocenters. The zero-order valence-corrected chi connectivity index (χ0v) is 18.3. The number of hydrogen-bond donors (Lipinski definition) is 3. The molecule has 1 aliphatic heterocycles. The number of rotatable bonds is 6. The Morgan fingerprint density at radius 3 is 2.61 bits per heavy atom. The van der Waals surface area contributed by atoms with Crippen LogP contribution in [0.1, 0.15) is 44.3 Å². The second-order valence-electron chi connectivity index (χ2n) is 8.06. The summed E-state index contributed by atoms with van der Waals surface area (Å²) in [4.78, 5) is 24.6. The molecule has 1 saturated heterocycles. The molecule has 0 aliphatic carbocycles. The number of nitrogens with one attached hydrogen (secondary N) is 1. The second kappa shape index (κ2) is 9.41. The van der Waals surface area contributed by atoms with E-state index in [1.165, 1.54) is 4.68 Å². The van der Waals surface area contributed by atoms with Crippen LogP contribution in [0.25, 0.3) is 11.3 Å². The average molecular weight is 452 g/mol. The molecule has 2 atom stereocenters. The van der Waals surface area contributed by atoms with Gasteiger partial charge in [0.25, 0.3) is 11.8 Å². The summed E-state index contributed by atoms with van der Waals surface area (Å²) < 4.78 is 20.9. The predicted molar refractivity (Wildman–Crippen MR) is 122 cm³/mol. The molecule has 2 amide bonds. The summed E-state index contributed by atoms with van der Waals surface area (Å²) in [6.45, 7) is 2.55. The lowest BCUT2D eigenvalue weighted by atomic mass is 10.0. The quantitative estimate of drug-likeness (QED) is 0.531. The van der Waals surface area contributed by atoms with Gasteiger partial charge in [-0.05, 0) is 30.5 Å². The van der Waals surface area contributed by atoms with Gasteiger partial charge in [0.1, 0.15) is 23.2 Å². The van der Waals surface area contributed by atoms with Gasteiger partial charge < -0.3 is 21.5 Å². The van der Waals surface area contributed by atoms with Crippen LogP contribution in [0.5, 0.6) is 0 Å². The van der Waals surface area contributed by atoms with Crippen LogP contribution in [0.4, 0.5) is 10.2 Å². The molecule has 0 radical (unpaired) electrons. The Bertz CT molecular complexity index is 1180. The lowest BCUT2D eigenvalue weighted by molar-refractivity contribution is 0.000592. The first kappa shape index (κ1) is 22.5. The lowest BCUT2D eigenvalue weighted by Gasteiger charge is -2.27. The zero-order valence-electron chi connectivity index (χ0n) is 18.3. The van der Waals surface area contributed by atoms with Gasteiger partial charge >= 0.3 is 0 Å². The summed E-state index contributed by atoms with van der Waals surface area (Å²) in [6, 6.07) is 13.9. The van der Waals surface area contributed by atoms with E-state index in [0.717, 1.165) is 11.1 Å². The van der Waals surface area contributed by atoms with Gasteiger partial charge in [-0.15, -0.1) is 0 Å². The Balaban J connectivity index is 1.55. The van der Waals surface area contributed by atoms with E-state index in [9.17, 15) is 14.0 Å². The molecular weight excluding hydrogens is 425 g/mol. The third-order valence-corrected chi connectivity index (χ3v) is 5.83. The van der Waals surface area contributed by atoms with Gasteiger partial charge in [-0.1, -0.05) is 42.5 Å². The molecule has 5 N–H and O–H groups in total. The number of hydrogen-bond acceptors (Lipinski definition) is 5. The van der Waals surface area contributed by atoms with Gasteiger partial charge in [-0.25, -0.2) is 9.07 Å². The number of benzene rings is 2. The molecular formula is C24H26FN5O3. The van der Waals surface area contributed by atoms with Crippen molar-refractivity contribution in [2.24, 2.45) is 5.73 Å². The van der Waals surface area contributed by atoms with E-state index < -0.39 is 18.1 Å². The number of aromatic nitrogens is 2. The van der Waals surface area contributed by atoms with Crippen LogP contribution in [0.3, 0.4) is 0 Å². The molecule has 0 spiro atoms. The van der Waals surface area contributed by atoms with Crippen LogP contribution in [-0.2, 0) is 11.3 Å². The molecule has 1 aliphatic rings. The van der Waals surface area contributed by atoms with Crippen LogP contribution in [0, 0.1) is 6.92 Å². The molecule has 0 saturated carbocycles. The minimum absolute atomic E-state index is 0.0432. The van der Waals surface area contributed by atoms with Gasteiger partial charge in [0.2, 0.25) is 0 Å². The summed E-state index contributed by atoms with van der Waals surface area (Å²) in [6.07, 6.45) is -0.890. The van der Waals surface area contributed by atoms with Crippen molar-refractivity contribution in [3.63, 3.8) is 0 Å². The molecule has 2 aromatic carbocycles. The summed E-state index contributed by atoms with van der Waals surface area (Å²) in [5, 5.41) is 7.35. The minimum Gasteiger partial charge on any atom is -0.383 e. The first-order valence-electron chi connectivity index (χ1n) is 10.7. The number of anilines is 1. The standard InChI is InChI=1S/C24H26FN5O3/c1-14-4-2-3-5-17(14)24(32)28-12-15-6-8-16(9-7-15)21-20(23(27)31)22(26)30(29-21)19-10-11-33-13-18(19)25/h2-9,18-19H,10-13,26H2,1H3,(H2,27,31)(H,28,32)/t18-,19-/m0/s1. The van der Waals surface area contributed by atoms with Gasteiger partial charge in [-0.2, -0.15) is 5.10 Å². The maximum Gasteiger partial charge on any atom is 0.254 e. The first-order chi connectivity index (χ1) is 15.9. The summed E-state index contributed by atoms with van der Waals surface area (Å²) >= 11 is 0. The van der Waals surface area contributed by atoms with Crippen LogP contribution in [0.2, 0.25) is 0 Å². The van der Waals surface area contributed by atoms with E-state index in [4.69, 9.17) is 16.2 Å². The molecule has 0 bridgehead atoms. The zero-order chi connectivity index (χ0) is 23.5. The SMILES string of the molecule is Cc1ccccc1C(=O)NCc1ccc(-c2nn([C@H]3CCOC[C@@H]3F)c(N)c2C(N)=O)cc1. The molecule has 1 aromatic heterocycles. The lowest BCUT2D eigenvalue weighted by Crippen LogP contribution is -2.32. The highest BCUT2D eigenvalue weighted by atomic mass is 19.1. The maximum absolute atomic E-state index is 14.4. The molecule has 1 fully saturated rings. The molecule has 9 heteroatoms. The smallest absolute Gasteiger partial charge is 0.254 e. The van der Waals surface area contributed by atoms with Crippen molar-refractivity contribution in [3.05, 3.63) is 70.8 Å². The highest BCUT2D eigenvalue weighted by molar-refractivity contribution is 6.03. The first-order valence-corrected chi connectivity index (χ1v) is 10.7. The predicted octanol–water partition coefficient (Wildman–Crippen LogP) is 2.77. The van der Waals surface area contributed by atoms with Gasteiger partial charge in [0, 0.05) is 24.3 Å². The topological polar surface area (TPSA) is 125 Å². The number of primary amides is 1. The third-order valence-electron chi connectivity index (χ3n) is 5.83. The van der Waals surface area contributed by atoms with Crippen LogP contribution >= 0.6 is 0 Å². The Morgan fingerprint density at radius 2 is 1.94 bits per heavy atom. The fourth-order valence-electron chi connectivity index (χ4n) is 4.00. The summed E-state index contributed by atoms with van der Waals surface area (Å²) in [5.74, 6) is -0.843. The monoisotopic (exact) mass is 451 g/mol. The number of nitrogens with two attached hydrogens (primary N) is 2. The van der Waals surface area contributed by atoms with Crippen molar-refractivity contribution in [3.8, 4) is 11.3 Å². The number of nitrogens with zero attached hydrogens (tertiary/aromatic N) is 2.